The van der Waals surface area contributed by atoms with E-state index >= 15 is 0 Å². The molecule has 7 heteroatoms. The molecule has 3 N–H and O–H groups in total. The number of halogens is 1. The number of piperazine rings is 1. The van der Waals surface area contributed by atoms with Gasteiger partial charge in [0.05, 0.1) is 10.6 Å². The minimum atomic E-state index is -1.14. The first-order valence-electron chi connectivity index (χ1n) is 5.95. The van der Waals surface area contributed by atoms with Gasteiger partial charge < -0.3 is 10.6 Å². The number of nitrogens with two attached hydrogens (primary N) is 1. The Morgan fingerprint density at radius 2 is 2.05 bits per heavy atom. The van der Waals surface area contributed by atoms with Gasteiger partial charge in [-0.3, -0.25) is 19.7 Å². The van der Waals surface area contributed by atoms with Crippen molar-refractivity contribution in [1.82, 2.24) is 10.2 Å². The first kappa shape index (κ1) is 14.3. The Kier molecular flexibility index (Phi) is 3.43. The van der Waals surface area contributed by atoms with E-state index < -0.39 is 23.3 Å². The molecule has 0 atom stereocenters. The molecule has 6 nitrogen and oxygen atoms in total. The van der Waals surface area contributed by atoms with Gasteiger partial charge in [0.2, 0.25) is 5.91 Å². The van der Waals surface area contributed by atoms with Crippen LogP contribution in [0.4, 0.5) is 5.69 Å². The molecule has 3 amide bonds. The fourth-order valence-electron chi connectivity index (χ4n) is 1.96. The summed E-state index contributed by atoms with van der Waals surface area (Å²) in [6.07, 6.45) is 0. The summed E-state index contributed by atoms with van der Waals surface area (Å²) < 4.78 is 0. The Morgan fingerprint density at radius 3 is 2.70 bits per heavy atom. The fourth-order valence-corrected chi connectivity index (χ4v) is 2.16. The van der Waals surface area contributed by atoms with Crippen LogP contribution in [0.1, 0.15) is 24.2 Å². The summed E-state index contributed by atoms with van der Waals surface area (Å²) in [7, 11) is 0. The summed E-state index contributed by atoms with van der Waals surface area (Å²) in [5.74, 6) is -1.56. The average molecular weight is 296 g/mol. The number of hydrogen-bond donors (Lipinski definition) is 2. The standard InChI is InChI=1S/C13H14ClN3O3/c1-13(2)12(20)16-10(18)6-17(13)11(19)8-5-7(15)3-4-9(8)14/h3-5H,6,15H2,1-2H3,(H,16,18,20). The molecule has 1 aromatic carbocycles. The van der Waals surface area contributed by atoms with Gasteiger partial charge in [-0.25, -0.2) is 0 Å². The number of carbonyl (C=O) groups excluding carboxylic acids is 3. The molecule has 1 aliphatic rings. The van der Waals surface area contributed by atoms with Crippen LogP contribution in [0.2, 0.25) is 5.02 Å². The van der Waals surface area contributed by atoms with Crippen LogP contribution in [-0.4, -0.2) is 34.7 Å². The number of nitrogens with zero attached hydrogens (tertiary/aromatic N) is 1. The molecule has 0 aromatic heterocycles. The zero-order chi connectivity index (χ0) is 15.1. The third-order valence-electron chi connectivity index (χ3n) is 3.25. The Morgan fingerprint density at radius 1 is 1.40 bits per heavy atom. The first-order valence-corrected chi connectivity index (χ1v) is 6.32. The van der Waals surface area contributed by atoms with Crippen molar-refractivity contribution < 1.29 is 14.4 Å². The van der Waals surface area contributed by atoms with Gasteiger partial charge in [0, 0.05) is 5.69 Å². The lowest BCUT2D eigenvalue weighted by Gasteiger charge is -2.40. The summed E-state index contributed by atoms with van der Waals surface area (Å²) in [6.45, 7) is 2.92. The number of benzene rings is 1. The molecule has 1 fully saturated rings. The van der Waals surface area contributed by atoms with Crippen molar-refractivity contribution in [2.45, 2.75) is 19.4 Å². The normalized spacial score (nSPS) is 17.9. The first-order chi connectivity index (χ1) is 9.23. The summed E-state index contributed by atoms with van der Waals surface area (Å²) >= 11 is 5.99. The van der Waals surface area contributed by atoms with E-state index in [9.17, 15) is 14.4 Å². The van der Waals surface area contributed by atoms with Gasteiger partial charge in [0.25, 0.3) is 11.8 Å². The molecule has 1 aromatic rings. The van der Waals surface area contributed by atoms with Gasteiger partial charge in [0.1, 0.15) is 12.1 Å². The quantitative estimate of drug-likeness (QED) is 0.592. The molecule has 106 valence electrons. The molecule has 1 heterocycles. The van der Waals surface area contributed by atoms with Crippen molar-refractivity contribution in [3.05, 3.63) is 28.8 Å². The minimum Gasteiger partial charge on any atom is -0.399 e. The van der Waals surface area contributed by atoms with E-state index in [2.05, 4.69) is 5.32 Å². The highest BCUT2D eigenvalue weighted by Crippen LogP contribution is 2.26. The summed E-state index contributed by atoms with van der Waals surface area (Å²) in [5.41, 5.74) is 5.05. The molecule has 1 aliphatic heterocycles. The van der Waals surface area contributed by atoms with Gasteiger partial charge in [-0.15, -0.1) is 0 Å². The summed E-state index contributed by atoms with van der Waals surface area (Å²) in [4.78, 5) is 37.0. The maximum atomic E-state index is 12.5. The van der Waals surface area contributed by atoms with Crippen LogP contribution in [0.5, 0.6) is 0 Å². The predicted octanol–water partition coefficient (Wildman–Crippen LogP) is 0.799. The molecular formula is C13H14ClN3O3. The van der Waals surface area contributed by atoms with Crippen LogP contribution >= 0.6 is 11.6 Å². The topological polar surface area (TPSA) is 92.5 Å². The van der Waals surface area contributed by atoms with Gasteiger partial charge in [-0.1, -0.05) is 11.6 Å². The van der Waals surface area contributed by atoms with E-state index in [4.69, 9.17) is 17.3 Å². The third kappa shape index (κ3) is 2.34. The number of hydrogen-bond acceptors (Lipinski definition) is 4. The average Bonchev–Trinajstić information content (AvgIpc) is 2.36. The molecule has 0 radical (unpaired) electrons. The Balaban J connectivity index is 2.43. The second kappa shape index (κ2) is 4.79. The van der Waals surface area contributed by atoms with Crippen LogP contribution in [0.15, 0.2) is 18.2 Å². The highest BCUT2D eigenvalue weighted by atomic mass is 35.5. The zero-order valence-corrected chi connectivity index (χ0v) is 11.8. The van der Waals surface area contributed by atoms with Crippen LogP contribution < -0.4 is 11.1 Å². The Bertz CT molecular complexity index is 613. The summed E-state index contributed by atoms with van der Waals surface area (Å²) in [5, 5.41) is 2.42. The lowest BCUT2D eigenvalue weighted by atomic mass is 9.97. The largest absolute Gasteiger partial charge is 0.399 e. The highest BCUT2D eigenvalue weighted by Gasteiger charge is 2.44. The Hall–Kier alpha value is -2.08. The molecule has 1 saturated heterocycles. The van der Waals surface area contributed by atoms with E-state index in [1.54, 1.807) is 19.9 Å². The molecule has 0 unspecified atom stereocenters. The number of imide groups is 1. The van der Waals surface area contributed by atoms with Gasteiger partial charge >= 0.3 is 0 Å². The van der Waals surface area contributed by atoms with Crippen molar-refractivity contribution in [2.75, 3.05) is 12.3 Å². The number of amides is 3. The number of nitrogen functional groups attached to an aromatic ring is 1. The molecule has 0 spiro atoms. The smallest absolute Gasteiger partial charge is 0.256 e. The maximum Gasteiger partial charge on any atom is 0.256 e. The number of nitrogens with one attached hydrogen (secondary N) is 1. The van der Waals surface area contributed by atoms with Crippen molar-refractivity contribution in [2.24, 2.45) is 0 Å². The Labute approximate surface area is 120 Å². The van der Waals surface area contributed by atoms with Crippen molar-refractivity contribution in [3.63, 3.8) is 0 Å². The second-order valence-electron chi connectivity index (χ2n) is 5.07. The minimum absolute atomic E-state index is 0.169. The van der Waals surface area contributed by atoms with Crippen molar-refractivity contribution >= 4 is 35.0 Å². The number of carbonyl (C=O) groups is 3. The van der Waals surface area contributed by atoms with Crippen molar-refractivity contribution in [3.8, 4) is 0 Å². The van der Waals surface area contributed by atoms with Crippen LogP contribution in [-0.2, 0) is 9.59 Å². The van der Waals surface area contributed by atoms with E-state index in [1.807, 2.05) is 0 Å². The van der Waals surface area contributed by atoms with Gasteiger partial charge in [-0.2, -0.15) is 0 Å². The zero-order valence-electron chi connectivity index (χ0n) is 11.1. The number of rotatable bonds is 1. The SMILES string of the molecule is CC1(C)C(=O)NC(=O)CN1C(=O)c1cc(N)ccc1Cl. The molecule has 2 rings (SSSR count). The highest BCUT2D eigenvalue weighted by molar-refractivity contribution is 6.34. The summed E-state index contributed by atoms with van der Waals surface area (Å²) in [6, 6.07) is 4.50. The number of anilines is 1. The lowest BCUT2D eigenvalue weighted by molar-refractivity contribution is -0.143. The van der Waals surface area contributed by atoms with E-state index in [1.165, 1.54) is 17.0 Å². The van der Waals surface area contributed by atoms with Crippen LogP contribution in [0.3, 0.4) is 0 Å². The molecule has 0 bridgehead atoms. The molecular weight excluding hydrogens is 282 g/mol. The second-order valence-corrected chi connectivity index (χ2v) is 5.47. The van der Waals surface area contributed by atoms with Crippen LogP contribution in [0.25, 0.3) is 0 Å². The molecule has 0 aliphatic carbocycles. The monoisotopic (exact) mass is 295 g/mol. The maximum absolute atomic E-state index is 12.5. The lowest BCUT2D eigenvalue weighted by Crippen LogP contribution is -2.65. The van der Waals surface area contributed by atoms with Crippen molar-refractivity contribution in [1.29, 1.82) is 0 Å². The van der Waals surface area contributed by atoms with Gasteiger partial charge in [-0.05, 0) is 32.0 Å². The van der Waals surface area contributed by atoms with E-state index in [0.717, 1.165) is 0 Å². The van der Waals surface area contributed by atoms with Crippen LogP contribution in [0, 0.1) is 0 Å². The van der Waals surface area contributed by atoms with E-state index in [0.29, 0.717) is 5.69 Å². The fraction of sp³-hybridized carbons (Fsp3) is 0.308. The molecule has 20 heavy (non-hydrogen) atoms. The predicted molar refractivity (Wildman–Crippen MR) is 74.1 cm³/mol. The third-order valence-corrected chi connectivity index (χ3v) is 3.58. The van der Waals surface area contributed by atoms with E-state index in [-0.39, 0.29) is 17.1 Å². The van der Waals surface area contributed by atoms with Gasteiger partial charge in [0.15, 0.2) is 0 Å². The molecule has 0 saturated carbocycles.